The number of nitrogens with one attached hydrogen (secondary N) is 2. The van der Waals surface area contributed by atoms with Gasteiger partial charge in [-0.05, 0) is 19.4 Å². The van der Waals surface area contributed by atoms with Crippen LogP contribution in [-0.2, 0) is 6.54 Å². The zero-order valence-corrected chi connectivity index (χ0v) is 10.1. The molecule has 0 aromatic carbocycles. The molecule has 2 rings (SSSR count). The second-order valence-corrected chi connectivity index (χ2v) is 5.01. The Kier molecular flexibility index (Phi) is 3.51. The highest BCUT2D eigenvalue weighted by Crippen LogP contribution is 2.09. The fraction of sp³-hybridized carbons (Fsp3) is 0.545. The van der Waals surface area contributed by atoms with Crippen molar-refractivity contribution in [1.29, 1.82) is 0 Å². The fourth-order valence-corrected chi connectivity index (χ4v) is 2.16. The summed E-state index contributed by atoms with van der Waals surface area (Å²) in [4.78, 5) is 4.41. The standard InChI is InChI=1S/C11H17N3S/c1-8(10-4-13-5-10)3-12-6-11-7-15-9(2)14-11/h7,12-13H,3-6H2,1-2H3. The third-order valence-electron chi connectivity index (χ3n) is 2.64. The zero-order chi connectivity index (χ0) is 10.7. The zero-order valence-electron chi connectivity index (χ0n) is 9.26. The van der Waals surface area contributed by atoms with Gasteiger partial charge in [0.25, 0.3) is 0 Å². The summed E-state index contributed by atoms with van der Waals surface area (Å²) in [6.45, 7) is 8.25. The van der Waals surface area contributed by atoms with Crippen molar-refractivity contribution in [2.75, 3.05) is 19.6 Å². The molecule has 1 saturated heterocycles. The first-order valence-electron chi connectivity index (χ1n) is 5.25. The average Bonchev–Trinajstić information content (AvgIpc) is 2.48. The third kappa shape index (κ3) is 2.87. The van der Waals surface area contributed by atoms with Gasteiger partial charge in [0.1, 0.15) is 0 Å². The lowest BCUT2D eigenvalue weighted by atomic mass is 10.0. The van der Waals surface area contributed by atoms with Gasteiger partial charge in [0.05, 0.1) is 10.7 Å². The van der Waals surface area contributed by atoms with Crippen molar-refractivity contribution in [3.63, 3.8) is 0 Å². The first-order valence-corrected chi connectivity index (χ1v) is 6.13. The van der Waals surface area contributed by atoms with Crippen molar-refractivity contribution >= 4 is 11.3 Å². The van der Waals surface area contributed by atoms with Crippen LogP contribution in [0.3, 0.4) is 0 Å². The van der Waals surface area contributed by atoms with E-state index in [0.717, 1.165) is 36.9 Å². The summed E-state index contributed by atoms with van der Waals surface area (Å²) >= 11 is 1.71. The number of hydrogen-bond acceptors (Lipinski definition) is 4. The van der Waals surface area contributed by atoms with Crippen molar-refractivity contribution < 1.29 is 0 Å². The van der Waals surface area contributed by atoms with Crippen LogP contribution in [0.1, 0.15) is 17.6 Å². The Hall–Kier alpha value is -0.710. The molecule has 0 atom stereocenters. The molecule has 1 aliphatic rings. The molecule has 0 unspecified atom stereocenters. The van der Waals surface area contributed by atoms with Crippen LogP contribution in [0.25, 0.3) is 0 Å². The minimum absolute atomic E-state index is 0.877. The molecule has 2 heterocycles. The maximum Gasteiger partial charge on any atom is 0.0897 e. The molecule has 0 aliphatic carbocycles. The van der Waals surface area contributed by atoms with Gasteiger partial charge in [0, 0.05) is 31.6 Å². The van der Waals surface area contributed by atoms with E-state index < -0.39 is 0 Å². The van der Waals surface area contributed by atoms with Crippen LogP contribution in [0.4, 0.5) is 0 Å². The number of thiazole rings is 1. The van der Waals surface area contributed by atoms with E-state index in [9.17, 15) is 0 Å². The van der Waals surface area contributed by atoms with Crippen molar-refractivity contribution in [3.05, 3.63) is 27.2 Å². The van der Waals surface area contributed by atoms with Gasteiger partial charge in [-0.25, -0.2) is 4.98 Å². The summed E-state index contributed by atoms with van der Waals surface area (Å²) < 4.78 is 0. The Bertz CT molecular complexity index is 362. The molecule has 0 bridgehead atoms. The van der Waals surface area contributed by atoms with Crippen LogP contribution < -0.4 is 10.6 Å². The van der Waals surface area contributed by atoms with Gasteiger partial charge in [-0.15, -0.1) is 11.3 Å². The summed E-state index contributed by atoms with van der Waals surface area (Å²) in [6, 6.07) is 0. The van der Waals surface area contributed by atoms with Gasteiger partial charge in [-0.3, -0.25) is 0 Å². The molecular weight excluding hydrogens is 206 g/mol. The van der Waals surface area contributed by atoms with Gasteiger partial charge in [0.15, 0.2) is 0 Å². The Balaban J connectivity index is 1.75. The molecule has 1 aromatic rings. The van der Waals surface area contributed by atoms with Crippen molar-refractivity contribution in [2.24, 2.45) is 0 Å². The fourth-order valence-electron chi connectivity index (χ4n) is 1.54. The summed E-state index contributed by atoms with van der Waals surface area (Å²) in [5, 5.41) is 9.94. The summed E-state index contributed by atoms with van der Waals surface area (Å²) in [6.07, 6.45) is 0. The molecule has 0 amide bonds. The molecule has 2 N–H and O–H groups in total. The van der Waals surface area contributed by atoms with Gasteiger partial charge >= 0.3 is 0 Å². The van der Waals surface area contributed by atoms with E-state index >= 15 is 0 Å². The van der Waals surface area contributed by atoms with Crippen LogP contribution in [0.15, 0.2) is 16.5 Å². The molecule has 82 valence electrons. The molecule has 4 heteroatoms. The molecule has 1 fully saturated rings. The predicted octanol–water partition coefficient (Wildman–Crippen LogP) is 1.46. The van der Waals surface area contributed by atoms with Gasteiger partial charge < -0.3 is 10.6 Å². The molecule has 1 aromatic heterocycles. The van der Waals surface area contributed by atoms with E-state index in [-0.39, 0.29) is 0 Å². The molecule has 0 spiro atoms. The number of aromatic nitrogens is 1. The normalized spacial score (nSPS) is 15.2. The van der Waals surface area contributed by atoms with Crippen LogP contribution in [0.5, 0.6) is 0 Å². The minimum atomic E-state index is 0.877. The Morgan fingerprint density at radius 1 is 1.60 bits per heavy atom. The molecule has 0 saturated carbocycles. The smallest absolute Gasteiger partial charge is 0.0897 e. The maximum absolute atomic E-state index is 4.41. The quantitative estimate of drug-likeness (QED) is 0.759. The monoisotopic (exact) mass is 223 g/mol. The Morgan fingerprint density at radius 3 is 2.93 bits per heavy atom. The predicted molar refractivity (Wildman–Crippen MR) is 64.1 cm³/mol. The number of aryl methyl sites for hydroxylation is 1. The maximum atomic E-state index is 4.41. The molecule has 1 aliphatic heterocycles. The van der Waals surface area contributed by atoms with Gasteiger partial charge in [0.2, 0.25) is 0 Å². The van der Waals surface area contributed by atoms with Crippen LogP contribution in [-0.4, -0.2) is 24.6 Å². The van der Waals surface area contributed by atoms with Crippen LogP contribution in [0, 0.1) is 6.92 Å². The topological polar surface area (TPSA) is 37.0 Å². The average molecular weight is 223 g/mol. The molecule has 15 heavy (non-hydrogen) atoms. The van der Waals surface area contributed by atoms with E-state index in [2.05, 4.69) is 27.9 Å². The highest BCUT2D eigenvalue weighted by molar-refractivity contribution is 7.09. The first kappa shape index (κ1) is 10.8. The number of hydrogen-bond donors (Lipinski definition) is 2. The lowest BCUT2D eigenvalue weighted by Gasteiger charge is -2.22. The van der Waals surface area contributed by atoms with Gasteiger partial charge in [-0.1, -0.05) is 5.57 Å². The largest absolute Gasteiger partial charge is 0.309 e. The highest BCUT2D eigenvalue weighted by atomic mass is 32.1. The Labute approximate surface area is 94.6 Å². The second kappa shape index (κ2) is 4.88. The Morgan fingerprint density at radius 2 is 2.40 bits per heavy atom. The van der Waals surface area contributed by atoms with E-state index in [0.29, 0.717) is 0 Å². The van der Waals surface area contributed by atoms with E-state index in [1.54, 1.807) is 16.9 Å². The van der Waals surface area contributed by atoms with Crippen LogP contribution in [0.2, 0.25) is 0 Å². The summed E-state index contributed by atoms with van der Waals surface area (Å²) in [7, 11) is 0. The van der Waals surface area contributed by atoms with Crippen molar-refractivity contribution in [1.82, 2.24) is 15.6 Å². The van der Waals surface area contributed by atoms with Crippen LogP contribution >= 0.6 is 11.3 Å². The molecule has 3 nitrogen and oxygen atoms in total. The van der Waals surface area contributed by atoms with E-state index in [1.165, 1.54) is 5.57 Å². The van der Waals surface area contributed by atoms with E-state index in [1.807, 2.05) is 6.92 Å². The minimum Gasteiger partial charge on any atom is -0.309 e. The third-order valence-corrected chi connectivity index (χ3v) is 3.47. The van der Waals surface area contributed by atoms with E-state index in [4.69, 9.17) is 0 Å². The van der Waals surface area contributed by atoms with Crippen molar-refractivity contribution in [3.8, 4) is 0 Å². The van der Waals surface area contributed by atoms with Crippen molar-refractivity contribution in [2.45, 2.75) is 20.4 Å². The van der Waals surface area contributed by atoms with Gasteiger partial charge in [-0.2, -0.15) is 0 Å². The lowest BCUT2D eigenvalue weighted by Crippen LogP contribution is -2.36. The summed E-state index contributed by atoms with van der Waals surface area (Å²) in [5.41, 5.74) is 4.18. The number of rotatable bonds is 4. The summed E-state index contributed by atoms with van der Waals surface area (Å²) in [5.74, 6) is 0. The number of nitrogens with zero attached hydrogens (tertiary/aromatic N) is 1. The lowest BCUT2D eigenvalue weighted by molar-refractivity contribution is 0.638. The SMILES string of the molecule is CC(CNCc1csc(C)n1)=C1CNC1. The first-order chi connectivity index (χ1) is 7.25. The highest BCUT2D eigenvalue weighted by Gasteiger charge is 2.10. The molecule has 0 radical (unpaired) electrons. The second-order valence-electron chi connectivity index (χ2n) is 3.95. The molecular formula is C11H17N3S.